The van der Waals surface area contributed by atoms with Crippen LogP contribution in [0.3, 0.4) is 0 Å². The minimum atomic E-state index is 1.15. The van der Waals surface area contributed by atoms with E-state index in [0.717, 1.165) is 6.42 Å². The number of allylic oxidation sites excluding steroid dienone is 4. The summed E-state index contributed by atoms with van der Waals surface area (Å²) in [6.07, 6.45) is 4.28. The third kappa shape index (κ3) is 4.83. The molecule has 0 aromatic heterocycles. The van der Waals surface area contributed by atoms with Crippen molar-refractivity contribution >= 4 is 0 Å². The molecular formula is C11H19. The van der Waals surface area contributed by atoms with E-state index in [9.17, 15) is 0 Å². The van der Waals surface area contributed by atoms with E-state index in [1.54, 1.807) is 0 Å². The zero-order valence-corrected chi connectivity index (χ0v) is 8.20. The van der Waals surface area contributed by atoms with E-state index in [0.29, 0.717) is 0 Å². The standard InChI is InChI=1S/C11H19/c1-6-10(4)7-8-11(5)9(2)3/h6H,1,7-8H2,2-5H3/b10-6+. The van der Waals surface area contributed by atoms with Crippen molar-refractivity contribution in [3.8, 4) is 0 Å². The maximum Gasteiger partial charge on any atom is -0.0283 e. The predicted octanol–water partition coefficient (Wildman–Crippen LogP) is 3.90. The Morgan fingerprint density at radius 3 is 2.00 bits per heavy atom. The molecule has 0 aromatic rings. The molecule has 0 rings (SSSR count). The smallest absolute Gasteiger partial charge is 0.0283 e. The highest BCUT2D eigenvalue weighted by molar-refractivity contribution is 5.10. The quantitative estimate of drug-likeness (QED) is 0.536. The van der Waals surface area contributed by atoms with Crippen LogP contribution in [0.25, 0.3) is 0 Å². The van der Waals surface area contributed by atoms with Crippen LogP contribution in [0.4, 0.5) is 0 Å². The van der Waals surface area contributed by atoms with Gasteiger partial charge in [-0.2, -0.15) is 0 Å². The van der Waals surface area contributed by atoms with Gasteiger partial charge < -0.3 is 0 Å². The van der Waals surface area contributed by atoms with Crippen LogP contribution in [-0.4, -0.2) is 0 Å². The van der Waals surface area contributed by atoms with Crippen molar-refractivity contribution in [1.82, 2.24) is 0 Å². The van der Waals surface area contributed by atoms with Crippen LogP contribution in [0.1, 0.15) is 40.5 Å². The van der Waals surface area contributed by atoms with Crippen molar-refractivity contribution < 1.29 is 0 Å². The molecule has 0 aliphatic rings. The van der Waals surface area contributed by atoms with Gasteiger partial charge in [-0.25, -0.2) is 0 Å². The van der Waals surface area contributed by atoms with E-state index in [1.165, 1.54) is 23.1 Å². The Kier molecular flexibility index (Phi) is 4.93. The minimum Gasteiger partial charge on any atom is -0.0853 e. The van der Waals surface area contributed by atoms with Gasteiger partial charge in [-0.3, -0.25) is 0 Å². The second-order valence-corrected chi connectivity index (χ2v) is 3.33. The van der Waals surface area contributed by atoms with E-state index in [1.807, 2.05) is 6.08 Å². The fraction of sp³-hybridized carbons (Fsp3) is 0.545. The number of hydrogen-bond acceptors (Lipinski definition) is 0. The van der Waals surface area contributed by atoms with E-state index >= 15 is 0 Å². The van der Waals surface area contributed by atoms with Crippen LogP contribution in [-0.2, 0) is 0 Å². The summed E-state index contributed by atoms with van der Waals surface area (Å²) in [5.74, 6) is 0. The van der Waals surface area contributed by atoms with Crippen LogP contribution in [0, 0.1) is 6.92 Å². The highest BCUT2D eigenvalue weighted by atomic mass is 14.0. The minimum absolute atomic E-state index is 1.15. The van der Waals surface area contributed by atoms with Gasteiger partial charge in [0, 0.05) is 0 Å². The lowest BCUT2D eigenvalue weighted by molar-refractivity contribution is 0.908. The Morgan fingerprint density at radius 2 is 1.64 bits per heavy atom. The maximum absolute atomic E-state index is 3.73. The van der Waals surface area contributed by atoms with Crippen molar-refractivity contribution in [3.63, 3.8) is 0 Å². The zero-order chi connectivity index (χ0) is 8.85. The van der Waals surface area contributed by atoms with Gasteiger partial charge in [0.15, 0.2) is 0 Å². The van der Waals surface area contributed by atoms with E-state index in [4.69, 9.17) is 0 Å². The molecule has 0 N–H and O–H groups in total. The third-order valence-electron chi connectivity index (χ3n) is 2.10. The molecule has 0 heterocycles. The predicted molar refractivity (Wildman–Crippen MR) is 52.4 cm³/mol. The molecule has 0 saturated carbocycles. The molecule has 0 unspecified atom stereocenters. The number of rotatable bonds is 3. The first-order chi connectivity index (χ1) is 5.07. The molecule has 0 fully saturated rings. The topological polar surface area (TPSA) is 0 Å². The summed E-state index contributed by atoms with van der Waals surface area (Å²) in [5.41, 5.74) is 4.33. The lowest BCUT2D eigenvalue weighted by atomic mass is 10.0. The third-order valence-corrected chi connectivity index (χ3v) is 2.10. The molecule has 0 aromatic carbocycles. The molecule has 63 valence electrons. The summed E-state index contributed by atoms with van der Waals surface area (Å²) in [7, 11) is 0. The van der Waals surface area contributed by atoms with Gasteiger partial charge in [-0.05, 0) is 47.5 Å². The largest absolute Gasteiger partial charge is 0.0853 e. The van der Waals surface area contributed by atoms with Crippen LogP contribution in [0.15, 0.2) is 22.8 Å². The van der Waals surface area contributed by atoms with Crippen LogP contribution in [0.2, 0.25) is 0 Å². The van der Waals surface area contributed by atoms with Gasteiger partial charge in [0.2, 0.25) is 0 Å². The molecule has 11 heavy (non-hydrogen) atoms. The average molecular weight is 151 g/mol. The fourth-order valence-electron chi connectivity index (χ4n) is 0.737. The summed E-state index contributed by atoms with van der Waals surface area (Å²) >= 11 is 0. The molecule has 0 saturated heterocycles. The second kappa shape index (κ2) is 5.17. The first-order valence-corrected chi connectivity index (χ1v) is 4.15. The summed E-state index contributed by atoms with van der Waals surface area (Å²) < 4.78 is 0. The molecule has 0 amide bonds. The van der Waals surface area contributed by atoms with Gasteiger partial charge in [-0.1, -0.05) is 22.8 Å². The van der Waals surface area contributed by atoms with Crippen molar-refractivity contribution in [2.24, 2.45) is 0 Å². The molecular weight excluding hydrogens is 132 g/mol. The Balaban J connectivity index is 3.82. The highest BCUT2D eigenvalue weighted by Crippen LogP contribution is 2.13. The molecule has 0 heteroatoms. The Labute approximate surface area is 71.0 Å². The molecule has 0 spiro atoms. The summed E-state index contributed by atoms with van der Waals surface area (Å²) in [6.45, 7) is 12.4. The van der Waals surface area contributed by atoms with Crippen LogP contribution in [0.5, 0.6) is 0 Å². The Morgan fingerprint density at radius 1 is 1.09 bits per heavy atom. The molecule has 0 atom stereocenters. The Bertz CT molecular complexity index is 166. The van der Waals surface area contributed by atoms with E-state index < -0.39 is 0 Å². The summed E-state index contributed by atoms with van der Waals surface area (Å²) in [4.78, 5) is 0. The fourth-order valence-corrected chi connectivity index (χ4v) is 0.737. The van der Waals surface area contributed by atoms with Crippen molar-refractivity contribution in [2.75, 3.05) is 0 Å². The zero-order valence-electron chi connectivity index (χ0n) is 8.20. The molecule has 1 radical (unpaired) electrons. The SMILES string of the molecule is [CH2]/C=C(\C)CCC(C)=C(C)C. The first kappa shape index (κ1) is 10.5. The van der Waals surface area contributed by atoms with E-state index in [2.05, 4.69) is 34.6 Å². The second-order valence-electron chi connectivity index (χ2n) is 3.33. The lowest BCUT2D eigenvalue weighted by Gasteiger charge is -2.03. The van der Waals surface area contributed by atoms with E-state index in [-0.39, 0.29) is 0 Å². The van der Waals surface area contributed by atoms with Crippen molar-refractivity contribution in [1.29, 1.82) is 0 Å². The van der Waals surface area contributed by atoms with Gasteiger partial charge >= 0.3 is 0 Å². The van der Waals surface area contributed by atoms with Crippen LogP contribution < -0.4 is 0 Å². The highest BCUT2D eigenvalue weighted by Gasteiger charge is 1.93. The first-order valence-electron chi connectivity index (χ1n) is 4.15. The van der Waals surface area contributed by atoms with Crippen molar-refractivity contribution in [2.45, 2.75) is 40.5 Å². The number of hydrogen-bond donors (Lipinski definition) is 0. The lowest BCUT2D eigenvalue weighted by Crippen LogP contribution is -1.82. The van der Waals surface area contributed by atoms with Crippen LogP contribution >= 0.6 is 0 Å². The average Bonchev–Trinajstić information content (AvgIpc) is 1.99. The van der Waals surface area contributed by atoms with Gasteiger partial charge in [-0.15, -0.1) is 0 Å². The summed E-state index contributed by atoms with van der Waals surface area (Å²) in [5, 5.41) is 0. The van der Waals surface area contributed by atoms with Gasteiger partial charge in [0.25, 0.3) is 0 Å². The summed E-state index contributed by atoms with van der Waals surface area (Å²) in [6, 6.07) is 0. The molecule has 0 aliphatic carbocycles. The monoisotopic (exact) mass is 151 g/mol. The Hall–Kier alpha value is -0.520. The van der Waals surface area contributed by atoms with Gasteiger partial charge in [0.1, 0.15) is 0 Å². The molecule has 0 aliphatic heterocycles. The normalized spacial score (nSPS) is 11.5. The molecule has 0 nitrogen and oxygen atoms in total. The maximum atomic E-state index is 3.73. The van der Waals surface area contributed by atoms with Gasteiger partial charge in [0.05, 0.1) is 0 Å². The molecule has 0 bridgehead atoms. The van der Waals surface area contributed by atoms with Crippen molar-refractivity contribution in [3.05, 3.63) is 29.7 Å².